The van der Waals surface area contributed by atoms with E-state index in [0.717, 1.165) is 5.56 Å². The summed E-state index contributed by atoms with van der Waals surface area (Å²) in [5, 5.41) is 20.2. The molecule has 1 heterocycles. The Morgan fingerprint density at radius 1 is 0.822 bits per heavy atom. The van der Waals surface area contributed by atoms with Crippen molar-refractivity contribution in [2.24, 2.45) is 17.2 Å². The highest BCUT2D eigenvalue weighted by Crippen LogP contribution is 2.09. The summed E-state index contributed by atoms with van der Waals surface area (Å²) >= 11 is 0. The molecule has 1 aromatic carbocycles. The number of benzene rings is 1. The van der Waals surface area contributed by atoms with Gasteiger partial charge in [-0.25, -0.2) is 0 Å². The molecule has 0 saturated carbocycles. The molecule has 1 aliphatic heterocycles. The molecule has 0 spiro atoms. The lowest BCUT2D eigenvalue weighted by molar-refractivity contribution is -0.137. The smallest absolute Gasteiger partial charge is 0.293 e. The second-order valence-corrected chi connectivity index (χ2v) is 10.2. The zero-order valence-electron chi connectivity index (χ0n) is 25.6. The van der Waals surface area contributed by atoms with Gasteiger partial charge < -0.3 is 48.5 Å². The van der Waals surface area contributed by atoms with Crippen LogP contribution >= 0.6 is 0 Å². The molecular formula is C29H47N9O7. The number of amides is 5. The molecule has 12 N–H and O–H groups in total. The Morgan fingerprint density at radius 3 is 1.98 bits per heavy atom. The Balaban J connectivity index is 0.00000496. The Labute approximate surface area is 262 Å². The molecule has 0 aromatic heterocycles. The monoisotopic (exact) mass is 633 g/mol. The molecule has 250 valence electrons. The number of rotatable bonds is 14. The summed E-state index contributed by atoms with van der Waals surface area (Å²) in [6.07, 6.45) is 2.81. The van der Waals surface area contributed by atoms with Gasteiger partial charge in [0.25, 0.3) is 6.47 Å². The molecule has 2 rings (SSSR count). The maximum absolute atomic E-state index is 13.6. The molecule has 4 atom stereocenters. The van der Waals surface area contributed by atoms with E-state index in [0.29, 0.717) is 38.6 Å². The Kier molecular flexibility index (Phi) is 18.8. The molecule has 1 unspecified atom stereocenters. The third kappa shape index (κ3) is 15.1. The molecular weight excluding hydrogens is 586 g/mol. The summed E-state index contributed by atoms with van der Waals surface area (Å²) in [6, 6.07) is 4.23. The number of carbonyl (C=O) groups is 6. The highest BCUT2D eigenvalue weighted by Gasteiger charge is 2.32. The fourth-order valence-corrected chi connectivity index (χ4v) is 4.42. The van der Waals surface area contributed by atoms with Crippen molar-refractivity contribution in [3.63, 3.8) is 0 Å². The van der Waals surface area contributed by atoms with E-state index in [1.807, 2.05) is 0 Å². The van der Waals surface area contributed by atoms with Crippen LogP contribution in [0.4, 0.5) is 0 Å². The molecule has 1 aliphatic rings. The van der Waals surface area contributed by atoms with E-state index < -0.39 is 66.9 Å². The maximum atomic E-state index is 13.6. The zero-order chi connectivity index (χ0) is 33.6. The van der Waals surface area contributed by atoms with Crippen molar-refractivity contribution in [1.29, 1.82) is 5.41 Å². The van der Waals surface area contributed by atoms with Crippen molar-refractivity contribution in [3.05, 3.63) is 35.9 Å². The van der Waals surface area contributed by atoms with Gasteiger partial charge in [-0.05, 0) is 51.3 Å². The van der Waals surface area contributed by atoms with Gasteiger partial charge in [-0.2, -0.15) is 0 Å². The second kappa shape index (κ2) is 22.0. The fraction of sp³-hybridized carbons (Fsp3) is 0.552. The minimum atomic E-state index is -1.37. The van der Waals surface area contributed by atoms with Crippen LogP contribution in [0.5, 0.6) is 0 Å². The Bertz CT molecular complexity index is 1120. The molecule has 1 saturated heterocycles. The van der Waals surface area contributed by atoms with Crippen LogP contribution in [-0.2, 0) is 39.9 Å². The van der Waals surface area contributed by atoms with Crippen LogP contribution in [0.3, 0.4) is 0 Å². The van der Waals surface area contributed by atoms with Gasteiger partial charge in [0.15, 0.2) is 0 Å². The highest BCUT2D eigenvalue weighted by molar-refractivity contribution is 5.97. The molecule has 1 fully saturated rings. The average molecular weight is 634 g/mol. The van der Waals surface area contributed by atoms with Gasteiger partial charge in [-0.15, -0.1) is 0 Å². The van der Waals surface area contributed by atoms with E-state index in [2.05, 4.69) is 32.3 Å². The van der Waals surface area contributed by atoms with Crippen molar-refractivity contribution in [2.75, 3.05) is 26.7 Å². The first kappa shape index (κ1) is 38.5. The summed E-state index contributed by atoms with van der Waals surface area (Å²) in [5.74, 6) is -3.50. The quantitative estimate of drug-likeness (QED) is 0.0456. The molecule has 16 nitrogen and oxygen atoms in total. The zero-order valence-corrected chi connectivity index (χ0v) is 25.6. The van der Waals surface area contributed by atoms with Gasteiger partial charge in [0.2, 0.25) is 29.5 Å². The first-order chi connectivity index (χ1) is 21.6. The van der Waals surface area contributed by atoms with Crippen LogP contribution in [0.2, 0.25) is 0 Å². The van der Waals surface area contributed by atoms with Crippen LogP contribution in [0.15, 0.2) is 30.3 Å². The summed E-state index contributed by atoms with van der Waals surface area (Å²) in [6.45, 7) is -0.560. The summed E-state index contributed by atoms with van der Waals surface area (Å²) in [5.41, 5.74) is 16.3. The average Bonchev–Trinajstić information content (AvgIpc) is 3.03. The van der Waals surface area contributed by atoms with Crippen LogP contribution in [0, 0.1) is 5.41 Å². The Hall–Kier alpha value is -4.57. The topological polar surface area (TPSA) is 274 Å². The third-order valence-corrected chi connectivity index (χ3v) is 6.72. The minimum Gasteiger partial charge on any atom is -0.465 e. The number of unbranched alkanes of at least 4 members (excludes halogenated alkanes) is 2. The number of nitrogens with one attached hydrogen (secondary N) is 6. The molecule has 16 heteroatoms. The molecule has 1 aromatic rings. The highest BCUT2D eigenvalue weighted by atomic mass is 16.5. The predicted molar refractivity (Wildman–Crippen MR) is 166 cm³/mol. The molecule has 45 heavy (non-hydrogen) atoms. The van der Waals surface area contributed by atoms with Crippen molar-refractivity contribution in [3.8, 4) is 0 Å². The number of nitrogens with two attached hydrogens (primary N) is 3. The number of amidine groups is 1. The fourth-order valence-electron chi connectivity index (χ4n) is 4.42. The van der Waals surface area contributed by atoms with E-state index in [1.165, 1.54) is 7.05 Å². The lowest BCUT2D eigenvalue weighted by atomic mass is 10.0. The van der Waals surface area contributed by atoms with Gasteiger partial charge in [0, 0.05) is 12.8 Å². The molecule has 0 bridgehead atoms. The number of hydrogen-bond donors (Lipinski definition) is 9. The summed E-state index contributed by atoms with van der Waals surface area (Å²) in [4.78, 5) is 76.8. The lowest BCUT2D eigenvalue weighted by Gasteiger charge is -2.26. The predicted octanol–water partition coefficient (Wildman–Crippen LogP) is -2.33. The standard InChI is InChI=1S/C28H42N8O7.CH5N/c29-13-7-6-11-20-26(40)34-19(10-4-5-12-23(30)31)25(39)32-15-24(38)33-22(16-43-17-37)28(42)36-21(27(41)35-20)14-18-8-2-1-3-9-18;1-2/h1-3,8-9,17,19-22H,4-7,10-16,29H2,(H3,30,31)(H,32,39)(H,33,38)(H,34,40)(H,35,41)(H,36,42);2H2,1H3/t19?,20-,21-,22+;/m0./s1. The van der Waals surface area contributed by atoms with Crippen LogP contribution < -0.4 is 43.8 Å². The van der Waals surface area contributed by atoms with E-state index in [9.17, 15) is 28.8 Å². The van der Waals surface area contributed by atoms with Crippen molar-refractivity contribution in [2.45, 2.75) is 75.5 Å². The van der Waals surface area contributed by atoms with E-state index >= 15 is 0 Å². The van der Waals surface area contributed by atoms with Crippen LogP contribution in [0.1, 0.15) is 50.5 Å². The molecule has 0 radical (unpaired) electrons. The van der Waals surface area contributed by atoms with Crippen LogP contribution in [-0.4, -0.2) is 92.8 Å². The van der Waals surface area contributed by atoms with E-state index in [-0.39, 0.29) is 31.6 Å². The van der Waals surface area contributed by atoms with Gasteiger partial charge in [0.05, 0.1) is 12.4 Å². The van der Waals surface area contributed by atoms with Gasteiger partial charge >= 0.3 is 0 Å². The third-order valence-electron chi connectivity index (χ3n) is 6.72. The van der Waals surface area contributed by atoms with Gasteiger partial charge in [-0.3, -0.25) is 34.2 Å². The van der Waals surface area contributed by atoms with Crippen molar-refractivity contribution in [1.82, 2.24) is 26.6 Å². The largest absolute Gasteiger partial charge is 0.465 e. The summed E-state index contributed by atoms with van der Waals surface area (Å²) < 4.78 is 4.72. The normalized spacial score (nSPS) is 21.2. The number of ether oxygens (including phenoxy) is 1. The van der Waals surface area contributed by atoms with Crippen molar-refractivity contribution < 1.29 is 33.5 Å². The summed E-state index contributed by atoms with van der Waals surface area (Å²) in [7, 11) is 1.50. The Morgan fingerprint density at radius 2 is 1.38 bits per heavy atom. The number of carbonyl (C=O) groups excluding carboxylic acids is 6. The van der Waals surface area contributed by atoms with Gasteiger partial charge in [-0.1, -0.05) is 36.8 Å². The van der Waals surface area contributed by atoms with Gasteiger partial charge in [0.1, 0.15) is 30.8 Å². The second-order valence-electron chi connectivity index (χ2n) is 10.2. The lowest BCUT2D eigenvalue weighted by Crippen LogP contribution is -2.58. The van der Waals surface area contributed by atoms with E-state index in [4.69, 9.17) is 21.6 Å². The molecule has 0 aliphatic carbocycles. The minimum absolute atomic E-state index is 0.00348. The molecule has 5 amide bonds. The first-order valence-corrected chi connectivity index (χ1v) is 14.8. The van der Waals surface area contributed by atoms with Crippen LogP contribution in [0.25, 0.3) is 0 Å². The van der Waals surface area contributed by atoms with Crippen molar-refractivity contribution >= 4 is 41.8 Å². The SMILES string of the molecule is CN.N=C(N)CCCCC1NC(=O)[C@H](CCCCN)NC(=O)[C@H](Cc2ccccc2)NC(=O)[C@@H](COC=O)NC(=O)CNC1=O. The van der Waals surface area contributed by atoms with E-state index in [1.54, 1.807) is 30.3 Å². The first-order valence-electron chi connectivity index (χ1n) is 14.8. The maximum Gasteiger partial charge on any atom is 0.293 e. The number of hydrogen-bond acceptors (Lipinski definition) is 10.